The number of nitro groups is 1. The van der Waals surface area contributed by atoms with Gasteiger partial charge in [-0.05, 0) is 54.6 Å². The molecule has 0 saturated carbocycles. The summed E-state index contributed by atoms with van der Waals surface area (Å²) in [7, 11) is 0. The van der Waals surface area contributed by atoms with E-state index in [2.05, 4.69) is 20.2 Å². The number of nitrogens with zero attached hydrogens (tertiary/aromatic N) is 4. The first-order valence-electron chi connectivity index (χ1n) is 7.19. The summed E-state index contributed by atoms with van der Waals surface area (Å²) in [4.78, 5) is 19.7. The highest BCUT2D eigenvalue weighted by Crippen LogP contribution is 2.33. The van der Waals surface area contributed by atoms with Crippen molar-refractivity contribution in [1.82, 2.24) is 15.2 Å². The number of hydrogen-bond acceptors (Lipinski definition) is 7. The maximum Gasteiger partial charge on any atom is 0.283 e. The number of aliphatic imine (C=N–C) groups is 1. The van der Waals surface area contributed by atoms with Crippen molar-refractivity contribution in [2.24, 2.45) is 4.99 Å². The minimum Gasteiger partial charge on any atom is -0.508 e. The number of aromatic amines is 1. The van der Waals surface area contributed by atoms with E-state index in [0.29, 0.717) is 27.1 Å². The van der Waals surface area contributed by atoms with E-state index in [1.807, 2.05) is 0 Å². The fraction of sp³-hybridized carbons (Fsp3) is 0.0625. The molecule has 0 aliphatic rings. The quantitative estimate of drug-likeness (QED) is 0.410. The van der Waals surface area contributed by atoms with E-state index < -0.39 is 4.92 Å². The van der Waals surface area contributed by atoms with Gasteiger partial charge in [0.1, 0.15) is 11.6 Å². The van der Waals surface area contributed by atoms with Gasteiger partial charge in [0, 0.05) is 12.3 Å². The standard InChI is InChI=1S/C16H13N5O3S/c1-10-18-16(20-19-10)25-15-7-2-11(8-14(15)21(23)24)9-17-12-3-5-13(22)6-4-12/h2-9,22H,1H3,(H,18,19,20). The van der Waals surface area contributed by atoms with E-state index in [0.717, 1.165) is 11.8 Å². The number of rotatable bonds is 5. The topological polar surface area (TPSA) is 117 Å². The van der Waals surface area contributed by atoms with Crippen LogP contribution in [0.15, 0.2) is 57.5 Å². The maximum absolute atomic E-state index is 11.4. The summed E-state index contributed by atoms with van der Waals surface area (Å²) < 4.78 is 0. The van der Waals surface area contributed by atoms with Crippen molar-refractivity contribution in [2.75, 3.05) is 0 Å². The number of nitro benzene ring substituents is 1. The second-order valence-electron chi connectivity index (χ2n) is 5.06. The van der Waals surface area contributed by atoms with Crippen molar-refractivity contribution in [3.8, 4) is 5.75 Å². The van der Waals surface area contributed by atoms with Gasteiger partial charge in [-0.2, -0.15) is 0 Å². The molecule has 9 heteroatoms. The molecule has 0 bridgehead atoms. The van der Waals surface area contributed by atoms with E-state index in [-0.39, 0.29) is 11.4 Å². The first-order valence-corrected chi connectivity index (χ1v) is 8.01. The lowest BCUT2D eigenvalue weighted by molar-refractivity contribution is -0.387. The van der Waals surface area contributed by atoms with Crippen LogP contribution >= 0.6 is 11.8 Å². The third-order valence-corrected chi connectivity index (χ3v) is 4.10. The maximum atomic E-state index is 11.4. The van der Waals surface area contributed by atoms with Crippen molar-refractivity contribution >= 4 is 29.4 Å². The fourth-order valence-electron chi connectivity index (χ4n) is 2.00. The number of H-pyrrole nitrogens is 1. The summed E-state index contributed by atoms with van der Waals surface area (Å²) in [6.45, 7) is 1.76. The van der Waals surface area contributed by atoms with E-state index in [1.54, 1.807) is 31.2 Å². The number of aryl methyl sites for hydroxylation is 1. The van der Waals surface area contributed by atoms with Gasteiger partial charge in [-0.3, -0.25) is 20.2 Å². The number of phenols is 1. The monoisotopic (exact) mass is 355 g/mol. The molecule has 3 rings (SSSR count). The summed E-state index contributed by atoms with van der Waals surface area (Å²) in [5.74, 6) is 0.793. The molecule has 0 radical (unpaired) electrons. The van der Waals surface area contributed by atoms with Crippen molar-refractivity contribution in [3.63, 3.8) is 0 Å². The van der Waals surface area contributed by atoms with Gasteiger partial charge in [-0.1, -0.05) is 6.07 Å². The molecule has 0 unspecified atom stereocenters. The SMILES string of the molecule is Cc1nc(Sc2ccc(C=Nc3ccc(O)cc3)cc2[N+](=O)[O-])n[nH]1. The molecular formula is C16H13N5O3S. The largest absolute Gasteiger partial charge is 0.508 e. The van der Waals surface area contributed by atoms with Gasteiger partial charge in [0.15, 0.2) is 0 Å². The highest BCUT2D eigenvalue weighted by molar-refractivity contribution is 7.99. The summed E-state index contributed by atoms with van der Waals surface area (Å²) in [6, 6.07) is 11.2. The average molecular weight is 355 g/mol. The second kappa shape index (κ2) is 7.14. The molecule has 1 heterocycles. The molecule has 0 aliphatic carbocycles. The first kappa shape index (κ1) is 16.7. The van der Waals surface area contributed by atoms with Crippen LogP contribution in [0.2, 0.25) is 0 Å². The highest BCUT2D eigenvalue weighted by atomic mass is 32.2. The molecule has 0 spiro atoms. The molecular weight excluding hydrogens is 342 g/mol. The Kier molecular flexibility index (Phi) is 4.75. The van der Waals surface area contributed by atoms with Crippen LogP contribution in [0.4, 0.5) is 11.4 Å². The summed E-state index contributed by atoms with van der Waals surface area (Å²) in [6.07, 6.45) is 1.53. The van der Waals surface area contributed by atoms with Crippen LogP contribution < -0.4 is 0 Å². The lowest BCUT2D eigenvalue weighted by Crippen LogP contribution is -1.93. The van der Waals surface area contributed by atoms with Gasteiger partial charge in [-0.25, -0.2) is 4.98 Å². The Morgan fingerprint density at radius 3 is 2.68 bits per heavy atom. The molecule has 126 valence electrons. The predicted octanol–water partition coefficient (Wildman–Crippen LogP) is 3.63. The number of aromatic hydroxyl groups is 1. The Balaban J connectivity index is 1.85. The number of nitrogens with one attached hydrogen (secondary N) is 1. The third kappa shape index (κ3) is 4.21. The van der Waals surface area contributed by atoms with Gasteiger partial charge in [0.25, 0.3) is 5.69 Å². The minimum atomic E-state index is -0.445. The summed E-state index contributed by atoms with van der Waals surface area (Å²) in [5, 5.41) is 27.7. The second-order valence-corrected chi connectivity index (χ2v) is 6.07. The normalized spacial score (nSPS) is 11.1. The molecule has 8 nitrogen and oxygen atoms in total. The number of hydrogen-bond donors (Lipinski definition) is 2. The highest BCUT2D eigenvalue weighted by Gasteiger charge is 2.17. The summed E-state index contributed by atoms with van der Waals surface area (Å²) >= 11 is 1.12. The zero-order valence-electron chi connectivity index (χ0n) is 13.1. The van der Waals surface area contributed by atoms with E-state index in [1.165, 1.54) is 24.4 Å². The Hall–Kier alpha value is -3.20. The Morgan fingerprint density at radius 2 is 2.04 bits per heavy atom. The van der Waals surface area contributed by atoms with E-state index in [4.69, 9.17) is 0 Å². The molecule has 2 aromatic carbocycles. The minimum absolute atomic E-state index is 0.0397. The van der Waals surface area contributed by atoms with Crippen LogP contribution in [0, 0.1) is 17.0 Å². The predicted molar refractivity (Wildman–Crippen MR) is 93.7 cm³/mol. The Morgan fingerprint density at radius 1 is 1.28 bits per heavy atom. The van der Waals surface area contributed by atoms with Crippen molar-refractivity contribution in [3.05, 3.63) is 64.0 Å². The van der Waals surface area contributed by atoms with Crippen molar-refractivity contribution in [1.29, 1.82) is 0 Å². The van der Waals surface area contributed by atoms with E-state index in [9.17, 15) is 15.2 Å². The Labute approximate surface area is 146 Å². The lowest BCUT2D eigenvalue weighted by atomic mass is 10.2. The van der Waals surface area contributed by atoms with Gasteiger partial charge in [-0.15, -0.1) is 5.10 Å². The summed E-state index contributed by atoms with van der Waals surface area (Å²) in [5.41, 5.74) is 1.19. The molecule has 25 heavy (non-hydrogen) atoms. The van der Waals surface area contributed by atoms with Crippen LogP contribution in [0.5, 0.6) is 5.75 Å². The average Bonchev–Trinajstić information content (AvgIpc) is 3.00. The molecule has 0 aliphatic heterocycles. The van der Waals surface area contributed by atoms with Gasteiger partial charge < -0.3 is 5.11 Å². The lowest BCUT2D eigenvalue weighted by Gasteiger charge is -2.01. The van der Waals surface area contributed by atoms with Crippen molar-refractivity contribution < 1.29 is 10.0 Å². The Bertz CT molecular complexity index is 937. The van der Waals surface area contributed by atoms with Crippen molar-refractivity contribution in [2.45, 2.75) is 17.0 Å². The number of aromatic nitrogens is 3. The third-order valence-electron chi connectivity index (χ3n) is 3.17. The molecule has 0 fully saturated rings. The first-order chi connectivity index (χ1) is 12.0. The molecule has 2 N–H and O–H groups in total. The van der Waals surface area contributed by atoms with Gasteiger partial charge >= 0.3 is 0 Å². The van der Waals surface area contributed by atoms with Crippen LogP contribution in [-0.2, 0) is 0 Å². The van der Waals surface area contributed by atoms with Crippen LogP contribution in [0.1, 0.15) is 11.4 Å². The number of phenolic OH excluding ortho intramolecular Hbond substituents is 1. The molecule has 0 atom stereocenters. The smallest absolute Gasteiger partial charge is 0.283 e. The molecule has 0 saturated heterocycles. The van der Waals surface area contributed by atoms with Crippen LogP contribution in [0.25, 0.3) is 0 Å². The van der Waals surface area contributed by atoms with Gasteiger partial charge in [0.05, 0.1) is 15.5 Å². The van der Waals surface area contributed by atoms with Crippen LogP contribution in [-0.4, -0.2) is 31.4 Å². The van der Waals surface area contributed by atoms with Gasteiger partial charge in [0.2, 0.25) is 5.16 Å². The van der Waals surface area contributed by atoms with Crippen LogP contribution in [0.3, 0.4) is 0 Å². The fourth-order valence-corrected chi connectivity index (χ4v) is 2.84. The zero-order valence-corrected chi connectivity index (χ0v) is 13.9. The molecule has 0 amide bonds. The molecule has 3 aromatic rings. The zero-order chi connectivity index (χ0) is 17.8. The number of benzene rings is 2. The molecule has 1 aromatic heterocycles. The van der Waals surface area contributed by atoms with E-state index >= 15 is 0 Å².